The number of aromatic nitrogens is 1. The predicted molar refractivity (Wildman–Crippen MR) is 174 cm³/mol. The summed E-state index contributed by atoms with van der Waals surface area (Å²) in [6.07, 6.45) is 6.33. The number of benzene rings is 2. The van der Waals surface area contributed by atoms with Gasteiger partial charge in [0.25, 0.3) is 5.91 Å². The van der Waals surface area contributed by atoms with Crippen LogP contribution in [0.2, 0.25) is 0 Å². The van der Waals surface area contributed by atoms with Crippen LogP contribution in [0.4, 0.5) is 5.69 Å². The number of Topliss-reactive ketones (excluding diaryl/α,β-unsaturated/α-hetero) is 1. The van der Waals surface area contributed by atoms with E-state index in [0.717, 1.165) is 41.9 Å². The number of allylic oxidation sites excluding steroid dienone is 1. The first-order valence-electron chi connectivity index (χ1n) is 15.3. The summed E-state index contributed by atoms with van der Waals surface area (Å²) in [6.45, 7) is 8.85. The normalized spacial score (nSPS) is 17.8. The Balaban J connectivity index is 1.43. The number of aliphatic hydroxyl groups is 1. The average molecular weight is 596 g/mol. The molecule has 1 aliphatic carbocycles. The lowest BCUT2D eigenvalue weighted by Crippen LogP contribution is -2.41. The van der Waals surface area contributed by atoms with Gasteiger partial charge in [0.1, 0.15) is 6.04 Å². The molecule has 2 aromatic carbocycles. The number of amides is 2. The lowest BCUT2D eigenvalue weighted by Gasteiger charge is -2.30. The van der Waals surface area contributed by atoms with E-state index in [-0.39, 0.29) is 18.2 Å². The van der Waals surface area contributed by atoms with Crippen LogP contribution >= 0.6 is 0 Å². The number of rotatable bonds is 11. The molecule has 2 heterocycles. The third-order valence-electron chi connectivity index (χ3n) is 8.56. The number of aryl methyl sites for hydroxylation is 1. The zero-order chi connectivity index (χ0) is 31.4. The monoisotopic (exact) mass is 595 g/mol. The van der Waals surface area contributed by atoms with Crippen molar-refractivity contribution in [2.24, 2.45) is 5.73 Å². The fourth-order valence-corrected chi connectivity index (χ4v) is 6.21. The summed E-state index contributed by atoms with van der Waals surface area (Å²) in [6, 6.07) is 14.6. The van der Waals surface area contributed by atoms with Gasteiger partial charge in [0, 0.05) is 53.4 Å². The molecule has 1 aliphatic heterocycles. The zero-order valence-electron chi connectivity index (χ0n) is 25.6. The number of likely N-dealkylation sites (N-methyl/N-ethyl adjacent to an activating group) is 1. The molecule has 0 radical (unpaired) electrons. The molecule has 5 N–H and O–H groups in total. The molecule has 2 amide bonds. The first-order valence-corrected chi connectivity index (χ1v) is 15.3. The lowest BCUT2D eigenvalue weighted by atomic mass is 9.91. The molecule has 2 aliphatic rings. The number of ketones is 1. The third kappa shape index (κ3) is 6.39. The smallest absolute Gasteiger partial charge is 0.253 e. The predicted octanol–water partition coefficient (Wildman–Crippen LogP) is 3.87. The number of H-pyrrole nitrogens is 1. The fraction of sp³-hybridized carbons (Fsp3) is 0.343. The number of primary amides is 1. The van der Waals surface area contributed by atoms with Gasteiger partial charge in [-0.15, -0.1) is 0 Å². The highest BCUT2D eigenvalue weighted by Gasteiger charge is 2.33. The number of aliphatic hydroxyl groups excluding tert-OH is 1. The minimum absolute atomic E-state index is 0.00359. The minimum atomic E-state index is -0.693. The second kappa shape index (κ2) is 13.4. The van der Waals surface area contributed by atoms with Crippen molar-refractivity contribution in [2.45, 2.75) is 45.8 Å². The van der Waals surface area contributed by atoms with Gasteiger partial charge in [-0.3, -0.25) is 14.4 Å². The van der Waals surface area contributed by atoms with Crippen LogP contribution in [0.3, 0.4) is 0 Å². The summed E-state index contributed by atoms with van der Waals surface area (Å²) in [5, 5.41) is 13.5. The zero-order valence-corrected chi connectivity index (χ0v) is 25.6. The number of nitrogens with one attached hydrogen (secondary N) is 2. The van der Waals surface area contributed by atoms with Gasteiger partial charge in [0.05, 0.1) is 11.7 Å². The van der Waals surface area contributed by atoms with Crippen LogP contribution in [0, 0.1) is 6.92 Å². The van der Waals surface area contributed by atoms with E-state index in [9.17, 15) is 19.5 Å². The first-order chi connectivity index (χ1) is 21.2. The topological polar surface area (TPSA) is 132 Å². The maximum Gasteiger partial charge on any atom is 0.253 e. The molecular formula is C35H41N5O4. The van der Waals surface area contributed by atoms with Crippen LogP contribution < -0.4 is 16.0 Å². The molecule has 230 valence electrons. The Morgan fingerprint density at radius 2 is 1.93 bits per heavy atom. The molecule has 1 aromatic heterocycles. The van der Waals surface area contributed by atoms with E-state index in [2.05, 4.69) is 20.1 Å². The van der Waals surface area contributed by atoms with Gasteiger partial charge >= 0.3 is 0 Å². The van der Waals surface area contributed by atoms with Crippen molar-refractivity contribution in [3.63, 3.8) is 0 Å². The van der Waals surface area contributed by atoms with Crippen molar-refractivity contribution in [1.82, 2.24) is 15.2 Å². The number of hydrogen-bond acceptors (Lipinski definition) is 6. The highest BCUT2D eigenvalue weighted by Crippen LogP contribution is 2.36. The molecule has 0 fully saturated rings. The number of fused-ring (bicyclic) bond motifs is 1. The third-order valence-corrected chi connectivity index (χ3v) is 8.56. The SMILES string of the molecule is CCN(CC)CC(O)CNC(=O)c1c(C)[nH]c(/C=C2/CC=CC(N3CCc4cc(C(N)=O)ccc43)C2=O)c1-c1ccccc1. The number of nitrogens with zero attached hydrogens (tertiary/aromatic N) is 2. The van der Waals surface area contributed by atoms with Gasteiger partial charge < -0.3 is 30.9 Å². The van der Waals surface area contributed by atoms with E-state index in [1.54, 1.807) is 6.07 Å². The standard InChI is InChI=1S/C35H41N5O4/c1-4-39(5-2)21-27(41)20-37-35(44)31-22(3)38-28(32(31)23-10-7-6-8-11-23)19-25-12-9-13-30(33(25)42)40-17-16-24-18-26(34(36)43)14-15-29(24)40/h6-11,13-15,18-19,27,30,38,41H,4-5,12,16-17,20-21H2,1-3H3,(H2,36,43)(H,37,44)/b25-19-. The summed E-state index contributed by atoms with van der Waals surface area (Å²) >= 11 is 0. The Kier molecular flexibility index (Phi) is 9.46. The molecule has 44 heavy (non-hydrogen) atoms. The quantitative estimate of drug-likeness (QED) is 0.197. The molecule has 0 saturated carbocycles. The number of carbonyl (C=O) groups excluding carboxylic acids is 3. The average Bonchev–Trinajstić information content (AvgIpc) is 3.60. The largest absolute Gasteiger partial charge is 0.390 e. The molecular weight excluding hydrogens is 554 g/mol. The van der Waals surface area contributed by atoms with Crippen molar-refractivity contribution in [3.05, 3.63) is 94.3 Å². The van der Waals surface area contributed by atoms with E-state index in [0.29, 0.717) is 47.6 Å². The summed E-state index contributed by atoms with van der Waals surface area (Å²) in [7, 11) is 0. The van der Waals surface area contributed by atoms with E-state index in [1.165, 1.54) is 0 Å². The van der Waals surface area contributed by atoms with Crippen LogP contribution in [0.25, 0.3) is 17.2 Å². The maximum absolute atomic E-state index is 13.9. The van der Waals surface area contributed by atoms with Crippen molar-refractivity contribution < 1.29 is 19.5 Å². The second-order valence-electron chi connectivity index (χ2n) is 11.4. The van der Waals surface area contributed by atoms with Gasteiger partial charge in [-0.05, 0) is 68.3 Å². The van der Waals surface area contributed by atoms with Gasteiger partial charge in [0.2, 0.25) is 5.91 Å². The Hall–Kier alpha value is -4.47. The van der Waals surface area contributed by atoms with E-state index < -0.39 is 18.1 Å². The second-order valence-corrected chi connectivity index (χ2v) is 11.4. The highest BCUT2D eigenvalue weighted by molar-refractivity contribution is 6.09. The number of nitrogens with two attached hydrogens (primary N) is 1. The van der Waals surface area contributed by atoms with Gasteiger partial charge in [-0.2, -0.15) is 0 Å². The molecule has 0 spiro atoms. The van der Waals surface area contributed by atoms with Crippen molar-refractivity contribution in [2.75, 3.05) is 37.6 Å². The summed E-state index contributed by atoms with van der Waals surface area (Å²) in [5.74, 6) is -0.752. The van der Waals surface area contributed by atoms with Crippen molar-refractivity contribution in [1.29, 1.82) is 0 Å². The number of carbonyl (C=O) groups is 3. The van der Waals surface area contributed by atoms with Crippen LogP contribution in [-0.4, -0.2) is 77.5 Å². The molecule has 0 saturated heterocycles. The summed E-state index contributed by atoms with van der Waals surface area (Å²) in [5.41, 5.74) is 11.9. The number of aromatic amines is 1. The molecule has 2 atom stereocenters. The lowest BCUT2D eigenvalue weighted by molar-refractivity contribution is -0.116. The first kappa shape index (κ1) is 31.0. The molecule has 2 unspecified atom stereocenters. The van der Waals surface area contributed by atoms with Gasteiger partial charge in [-0.25, -0.2) is 0 Å². The molecule has 9 heteroatoms. The van der Waals surface area contributed by atoms with Gasteiger partial charge in [0.15, 0.2) is 5.78 Å². The molecule has 3 aromatic rings. The summed E-state index contributed by atoms with van der Waals surface area (Å²) < 4.78 is 0. The van der Waals surface area contributed by atoms with Gasteiger partial charge in [-0.1, -0.05) is 56.3 Å². The Bertz CT molecular complexity index is 1600. The van der Waals surface area contributed by atoms with Crippen molar-refractivity contribution in [3.8, 4) is 11.1 Å². The maximum atomic E-state index is 13.9. The van der Waals surface area contributed by atoms with E-state index >= 15 is 0 Å². The molecule has 0 bridgehead atoms. The number of anilines is 1. The van der Waals surface area contributed by atoms with Crippen LogP contribution in [0.1, 0.15) is 57.9 Å². The molecule has 9 nitrogen and oxygen atoms in total. The Labute approximate surface area is 258 Å². The van der Waals surface area contributed by atoms with E-state index in [4.69, 9.17) is 5.73 Å². The van der Waals surface area contributed by atoms with Crippen LogP contribution in [0.5, 0.6) is 0 Å². The van der Waals surface area contributed by atoms with Crippen molar-refractivity contribution >= 4 is 29.4 Å². The van der Waals surface area contributed by atoms with E-state index in [1.807, 2.05) is 81.5 Å². The highest BCUT2D eigenvalue weighted by atomic mass is 16.3. The fourth-order valence-electron chi connectivity index (χ4n) is 6.21. The van der Waals surface area contributed by atoms with Crippen LogP contribution in [-0.2, 0) is 11.2 Å². The Morgan fingerprint density at radius 1 is 1.18 bits per heavy atom. The minimum Gasteiger partial charge on any atom is -0.390 e. The Morgan fingerprint density at radius 3 is 2.64 bits per heavy atom. The van der Waals surface area contributed by atoms with Crippen LogP contribution in [0.15, 0.2) is 66.3 Å². The summed E-state index contributed by atoms with van der Waals surface area (Å²) in [4.78, 5) is 46.7. The molecule has 5 rings (SSSR count). The number of hydrogen-bond donors (Lipinski definition) is 4.